The van der Waals surface area contributed by atoms with E-state index >= 15 is 0 Å². The van der Waals surface area contributed by atoms with Gasteiger partial charge in [0.15, 0.2) is 0 Å². The number of aromatic nitrogens is 3. The Kier molecular flexibility index (Phi) is 7.00. The lowest BCUT2D eigenvalue weighted by molar-refractivity contribution is 0.262. The molecular formula is C12H22N6O2S. The van der Waals surface area contributed by atoms with Crippen molar-refractivity contribution in [3.8, 4) is 6.01 Å². The van der Waals surface area contributed by atoms with Gasteiger partial charge in [0.1, 0.15) is 0 Å². The van der Waals surface area contributed by atoms with E-state index in [2.05, 4.69) is 30.9 Å². The summed E-state index contributed by atoms with van der Waals surface area (Å²) >= 11 is 1.21. The first-order valence-corrected chi connectivity index (χ1v) is 7.51. The molecule has 0 fully saturated rings. The van der Waals surface area contributed by atoms with Crippen LogP contribution < -0.4 is 20.7 Å². The second-order valence-electron chi connectivity index (χ2n) is 4.62. The number of methoxy groups -OCH3 is 1. The number of hydrogen-bond donors (Lipinski definition) is 3. The zero-order chi connectivity index (χ0) is 15.8. The van der Waals surface area contributed by atoms with E-state index in [1.54, 1.807) is 7.05 Å². The lowest BCUT2D eigenvalue weighted by atomic mass is 10.4. The fraction of sp³-hybridized carbons (Fsp3) is 0.667. The summed E-state index contributed by atoms with van der Waals surface area (Å²) < 4.78 is 5.05. The first-order chi connectivity index (χ1) is 9.94. The number of rotatable bonds is 7. The number of anilines is 2. The minimum atomic E-state index is -0.0697. The summed E-state index contributed by atoms with van der Waals surface area (Å²) in [5.41, 5.74) is 0. The minimum Gasteiger partial charge on any atom is -0.467 e. The molecule has 0 saturated carbocycles. The average Bonchev–Trinajstić information content (AvgIpc) is 2.44. The number of thioether (sulfide) groups is 1. The van der Waals surface area contributed by atoms with Crippen LogP contribution in [0.3, 0.4) is 0 Å². The fourth-order valence-corrected chi connectivity index (χ4v) is 2.02. The largest absolute Gasteiger partial charge is 0.467 e. The number of carbonyl (C=O) groups excluding carboxylic acids is 1. The van der Waals surface area contributed by atoms with Crippen LogP contribution in [-0.2, 0) is 0 Å². The number of amides is 1. The Labute approximate surface area is 128 Å². The monoisotopic (exact) mass is 314 g/mol. The lowest BCUT2D eigenvalue weighted by Gasteiger charge is -2.13. The van der Waals surface area contributed by atoms with Crippen molar-refractivity contribution in [1.29, 1.82) is 0 Å². The Morgan fingerprint density at radius 1 is 1.24 bits per heavy atom. The molecular weight excluding hydrogens is 292 g/mol. The van der Waals surface area contributed by atoms with E-state index in [1.165, 1.54) is 18.9 Å². The first kappa shape index (κ1) is 17.3. The lowest BCUT2D eigenvalue weighted by Crippen LogP contribution is -2.21. The van der Waals surface area contributed by atoms with Crippen LogP contribution in [0.15, 0.2) is 0 Å². The Balaban J connectivity index is 2.67. The molecule has 1 atom stereocenters. The molecule has 1 aromatic heterocycles. The molecule has 0 spiro atoms. The van der Waals surface area contributed by atoms with Gasteiger partial charge in [-0.25, -0.2) is 0 Å². The molecule has 3 N–H and O–H groups in total. The van der Waals surface area contributed by atoms with E-state index in [1.807, 2.05) is 20.8 Å². The van der Waals surface area contributed by atoms with Crippen molar-refractivity contribution in [2.45, 2.75) is 32.1 Å². The van der Waals surface area contributed by atoms with Gasteiger partial charge in [0.25, 0.3) is 5.24 Å². The maximum Gasteiger partial charge on any atom is 0.322 e. The summed E-state index contributed by atoms with van der Waals surface area (Å²) in [5.74, 6) is 0.861. The van der Waals surface area contributed by atoms with Crippen molar-refractivity contribution in [2.75, 3.05) is 31.3 Å². The molecule has 0 radical (unpaired) electrons. The third-order valence-electron chi connectivity index (χ3n) is 2.28. The summed E-state index contributed by atoms with van der Waals surface area (Å²) in [5, 5.41) is 8.75. The van der Waals surface area contributed by atoms with Crippen molar-refractivity contribution in [3.63, 3.8) is 0 Å². The highest BCUT2D eigenvalue weighted by molar-refractivity contribution is 8.14. The smallest absolute Gasteiger partial charge is 0.322 e. The van der Waals surface area contributed by atoms with Crippen molar-refractivity contribution in [1.82, 2.24) is 20.3 Å². The van der Waals surface area contributed by atoms with E-state index in [4.69, 9.17) is 4.74 Å². The number of ether oxygens (including phenoxy) is 1. The fourth-order valence-electron chi connectivity index (χ4n) is 1.37. The van der Waals surface area contributed by atoms with Crippen molar-refractivity contribution < 1.29 is 9.53 Å². The molecule has 0 aromatic carbocycles. The second kappa shape index (κ2) is 8.50. The summed E-state index contributed by atoms with van der Waals surface area (Å²) in [6.07, 6.45) is 0. The van der Waals surface area contributed by atoms with Crippen LogP contribution in [0, 0.1) is 0 Å². The number of carbonyl (C=O) groups is 1. The summed E-state index contributed by atoms with van der Waals surface area (Å²) in [4.78, 5) is 23.8. The quantitative estimate of drug-likeness (QED) is 0.697. The number of hydrogen-bond acceptors (Lipinski definition) is 8. The SMILES string of the molecule is CNC(=O)SC(C)CNc1nc(NC(C)C)nc(OC)n1. The highest BCUT2D eigenvalue weighted by Crippen LogP contribution is 2.14. The van der Waals surface area contributed by atoms with Gasteiger partial charge in [-0.3, -0.25) is 4.79 Å². The molecule has 0 aliphatic heterocycles. The molecule has 9 heteroatoms. The normalized spacial score (nSPS) is 11.9. The Morgan fingerprint density at radius 2 is 1.90 bits per heavy atom. The van der Waals surface area contributed by atoms with Crippen LogP contribution in [-0.4, -0.2) is 52.2 Å². The van der Waals surface area contributed by atoms with E-state index in [0.29, 0.717) is 18.4 Å². The molecule has 118 valence electrons. The minimum absolute atomic E-state index is 0.0697. The predicted octanol–water partition coefficient (Wildman–Crippen LogP) is 1.57. The third-order valence-corrected chi connectivity index (χ3v) is 3.26. The van der Waals surface area contributed by atoms with E-state index < -0.39 is 0 Å². The second-order valence-corrected chi connectivity index (χ2v) is 6.03. The van der Waals surface area contributed by atoms with Gasteiger partial charge in [-0.1, -0.05) is 18.7 Å². The van der Waals surface area contributed by atoms with E-state index in [-0.39, 0.29) is 22.5 Å². The maximum atomic E-state index is 11.3. The zero-order valence-corrected chi connectivity index (χ0v) is 13.7. The Hall–Kier alpha value is -1.77. The van der Waals surface area contributed by atoms with Crippen LogP contribution in [0.2, 0.25) is 0 Å². The van der Waals surface area contributed by atoms with E-state index in [0.717, 1.165) is 0 Å². The van der Waals surface area contributed by atoms with Crippen LogP contribution in [0.5, 0.6) is 6.01 Å². The summed E-state index contributed by atoms with van der Waals surface area (Å²) in [6.45, 7) is 6.47. The Bertz CT molecular complexity index is 471. The van der Waals surface area contributed by atoms with Gasteiger partial charge in [-0.15, -0.1) is 0 Å². The van der Waals surface area contributed by atoms with Gasteiger partial charge in [0.2, 0.25) is 11.9 Å². The van der Waals surface area contributed by atoms with Gasteiger partial charge >= 0.3 is 6.01 Å². The van der Waals surface area contributed by atoms with Crippen LogP contribution in [0.1, 0.15) is 20.8 Å². The zero-order valence-electron chi connectivity index (χ0n) is 12.9. The molecule has 1 amide bonds. The van der Waals surface area contributed by atoms with Crippen molar-refractivity contribution >= 4 is 28.9 Å². The molecule has 0 aliphatic carbocycles. The highest BCUT2D eigenvalue weighted by Gasteiger charge is 2.11. The van der Waals surface area contributed by atoms with Gasteiger partial charge < -0.3 is 20.7 Å². The highest BCUT2D eigenvalue weighted by atomic mass is 32.2. The molecule has 8 nitrogen and oxygen atoms in total. The molecule has 1 aromatic rings. The average molecular weight is 314 g/mol. The molecule has 0 aliphatic rings. The third kappa shape index (κ3) is 6.48. The summed E-state index contributed by atoms with van der Waals surface area (Å²) in [6, 6.07) is 0.440. The Morgan fingerprint density at radius 3 is 2.48 bits per heavy atom. The molecule has 0 bridgehead atoms. The van der Waals surface area contributed by atoms with Gasteiger partial charge in [-0.2, -0.15) is 15.0 Å². The first-order valence-electron chi connectivity index (χ1n) is 6.63. The summed E-state index contributed by atoms with van der Waals surface area (Å²) in [7, 11) is 3.11. The molecule has 0 saturated heterocycles. The van der Waals surface area contributed by atoms with Gasteiger partial charge in [-0.05, 0) is 13.8 Å². The van der Waals surface area contributed by atoms with Crippen LogP contribution in [0.25, 0.3) is 0 Å². The molecule has 1 rings (SSSR count). The van der Waals surface area contributed by atoms with Crippen LogP contribution >= 0.6 is 11.8 Å². The molecule has 1 unspecified atom stereocenters. The molecule has 1 heterocycles. The number of nitrogens with one attached hydrogen (secondary N) is 3. The standard InChI is InChI=1S/C12H22N6O2S/c1-7(2)15-10-16-9(17-11(18-10)20-5)14-6-8(3)21-12(19)13-4/h7-8H,6H2,1-5H3,(H,13,19)(H2,14,15,16,17,18). The predicted molar refractivity (Wildman–Crippen MR) is 85.1 cm³/mol. The van der Waals surface area contributed by atoms with Gasteiger partial charge in [0, 0.05) is 24.9 Å². The topological polar surface area (TPSA) is 101 Å². The van der Waals surface area contributed by atoms with E-state index in [9.17, 15) is 4.79 Å². The maximum absolute atomic E-state index is 11.3. The molecule has 21 heavy (non-hydrogen) atoms. The van der Waals surface area contributed by atoms with Gasteiger partial charge in [0.05, 0.1) is 7.11 Å². The number of nitrogens with zero attached hydrogens (tertiary/aromatic N) is 3. The van der Waals surface area contributed by atoms with Crippen molar-refractivity contribution in [3.05, 3.63) is 0 Å². The van der Waals surface area contributed by atoms with Crippen LogP contribution in [0.4, 0.5) is 16.7 Å². The van der Waals surface area contributed by atoms with Crippen molar-refractivity contribution in [2.24, 2.45) is 0 Å².